The van der Waals surface area contributed by atoms with Crippen molar-refractivity contribution in [1.29, 1.82) is 0 Å². The molecule has 1 heterocycles. The van der Waals surface area contributed by atoms with Crippen molar-refractivity contribution in [2.45, 2.75) is 18.5 Å². The predicted molar refractivity (Wildman–Crippen MR) is 110 cm³/mol. The monoisotopic (exact) mass is 431 g/mol. The highest BCUT2D eigenvalue weighted by molar-refractivity contribution is 7.99. The molecule has 0 radical (unpaired) electrons. The minimum Gasteiger partial charge on any atom is -0.326 e. The van der Waals surface area contributed by atoms with Gasteiger partial charge in [0, 0.05) is 18.4 Å². The van der Waals surface area contributed by atoms with E-state index in [4.69, 9.17) is 0 Å². The minimum atomic E-state index is -0.387. The topological polar surface area (TPSA) is 88.9 Å². The van der Waals surface area contributed by atoms with Gasteiger partial charge in [0.15, 0.2) is 5.16 Å². The number of carbonyl (C=O) groups excluding carboxylic acids is 2. The van der Waals surface area contributed by atoms with Crippen LogP contribution < -0.4 is 10.6 Å². The van der Waals surface area contributed by atoms with E-state index in [9.17, 15) is 18.4 Å². The molecular formula is C20H19F2N5O2S. The molecule has 0 aliphatic carbocycles. The van der Waals surface area contributed by atoms with Gasteiger partial charge in [-0.1, -0.05) is 11.8 Å². The van der Waals surface area contributed by atoms with Crippen LogP contribution in [0.4, 0.5) is 20.2 Å². The number of amides is 2. The quantitative estimate of drug-likeness (QED) is 0.561. The molecule has 2 aromatic carbocycles. The van der Waals surface area contributed by atoms with Crippen LogP contribution in [0.2, 0.25) is 0 Å². The lowest BCUT2D eigenvalue weighted by atomic mass is 10.2. The number of anilines is 2. The summed E-state index contributed by atoms with van der Waals surface area (Å²) in [6, 6.07) is 9.57. The third kappa shape index (κ3) is 5.63. The largest absolute Gasteiger partial charge is 0.326 e. The van der Waals surface area contributed by atoms with Gasteiger partial charge in [-0.3, -0.25) is 9.59 Å². The second kappa shape index (κ2) is 9.49. The molecule has 156 valence electrons. The lowest BCUT2D eigenvalue weighted by Gasteiger charge is -2.08. The van der Waals surface area contributed by atoms with Gasteiger partial charge in [-0.15, -0.1) is 10.2 Å². The van der Waals surface area contributed by atoms with Gasteiger partial charge in [0.25, 0.3) is 0 Å². The van der Waals surface area contributed by atoms with Crippen LogP contribution in [0.25, 0.3) is 0 Å². The summed E-state index contributed by atoms with van der Waals surface area (Å²) < 4.78 is 27.7. The number of aryl methyl sites for hydroxylation is 1. The highest BCUT2D eigenvalue weighted by Crippen LogP contribution is 2.19. The van der Waals surface area contributed by atoms with E-state index in [1.54, 1.807) is 18.5 Å². The van der Waals surface area contributed by atoms with Crippen molar-refractivity contribution < 1.29 is 18.4 Å². The third-order valence-electron chi connectivity index (χ3n) is 4.17. The van der Waals surface area contributed by atoms with Gasteiger partial charge < -0.3 is 15.2 Å². The first-order valence-electron chi connectivity index (χ1n) is 8.94. The molecule has 7 nitrogen and oxygen atoms in total. The van der Waals surface area contributed by atoms with E-state index in [-0.39, 0.29) is 35.6 Å². The van der Waals surface area contributed by atoms with Crippen LogP contribution >= 0.6 is 11.8 Å². The van der Waals surface area contributed by atoms with Crippen molar-refractivity contribution in [3.63, 3.8) is 0 Å². The first-order chi connectivity index (χ1) is 14.3. The van der Waals surface area contributed by atoms with Crippen LogP contribution in [0.5, 0.6) is 0 Å². The molecule has 10 heteroatoms. The standard InChI is InChI=1S/C20H19F2N5O2S/c1-12-9-14(22)5-8-16(12)24-19(29)11-30-20-26-25-17(27(20)2)10-18(28)23-15-6-3-13(21)4-7-15/h3-9H,10-11H2,1-2H3,(H,23,28)(H,24,29). The molecule has 0 saturated carbocycles. The highest BCUT2D eigenvalue weighted by Gasteiger charge is 2.15. The van der Waals surface area contributed by atoms with Crippen molar-refractivity contribution in [1.82, 2.24) is 14.8 Å². The molecular weight excluding hydrogens is 412 g/mol. The molecule has 3 rings (SSSR count). The summed E-state index contributed by atoms with van der Waals surface area (Å²) in [5, 5.41) is 13.9. The number of nitrogens with one attached hydrogen (secondary N) is 2. The van der Waals surface area contributed by atoms with Crippen LogP contribution in [-0.2, 0) is 23.1 Å². The van der Waals surface area contributed by atoms with Gasteiger partial charge in [-0.25, -0.2) is 8.78 Å². The zero-order valence-corrected chi connectivity index (χ0v) is 17.1. The Morgan fingerprint density at radius 2 is 1.70 bits per heavy atom. The normalized spacial score (nSPS) is 10.7. The fourth-order valence-corrected chi connectivity index (χ4v) is 3.32. The Balaban J connectivity index is 1.53. The molecule has 3 aromatic rings. The van der Waals surface area contributed by atoms with Gasteiger partial charge in [0.05, 0.1) is 12.2 Å². The average Bonchev–Trinajstić information content (AvgIpc) is 3.04. The molecule has 0 aliphatic heterocycles. The van der Waals surface area contributed by atoms with Crippen molar-refractivity contribution in [2.75, 3.05) is 16.4 Å². The molecule has 2 N–H and O–H groups in total. The molecule has 0 atom stereocenters. The Bertz CT molecular complexity index is 1070. The van der Waals surface area contributed by atoms with Gasteiger partial charge in [-0.05, 0) is 55.0 Å². The summed E-state index contributed by atoms with van der Waals surface area (Å²) in [5.41, 5.74) is 1.64. The number of thioether (sulfide) groups is 1. The van der Waals surface area contributed by atoms with E-state index in [1.165, 1.54) is 54.2 Å². The lowest BCUT2D eigenvalue weighted by Crippen LogP contribution is -2.17. The molecule has 2 amide bonds. The first-order valence-corrected chi connectivity index (χ1v) is 9.93. The Morgan fingerprint density at radius 3 is 2.40 bits per heavy atom. The number of hydrogen-bond donors (Lipinski definition) is 2. The number of carbonyl (C=O) groups is 2. The van der Waals surface area contributed by atoms with Crippen molar-refractivity contribution in [3.05, 3.63) is 65.5 Å². The number of benzene rings is 2. The maximum Gasteiger partial charge on any atom is 0.234 e. The maximum atomic E-state index is 13.2. The SMILES string of the molecule is Cc1cc(F)ccc1NC(=O)CSc1nnc(CC(=O)Nc2ccc(F)cc2)n1C. The number of nitrogens with zero attached hydrogens (tertiary/aromatic N) is 3. The smallest absolute Gasteiger partial charge is 0.234 e. The molecule has 0 saturated heterocycles. The fourth-order valence-electron chi connectivity index (χ4n) is 2.59. The van der Waals surface area contributed by atoms with E-state index >= 15 is 0 Å². The first kappa shape index (κ1) is 21.4. The van der Waals surface area contributed by atoms with Crippen molar-refractivity contribution >= 4 is 35.0 Å². The predicted octanol–water partition coefficient (Wildman–Crippen LogP) is 3.31. The van der Waals surface area contributed by atoms with Gasteiger partial charge >= 0.3 is 0 Å². The van der Waals surface area contributed by atoms with E-state index in [0.717, 1.165) is 0 Å². The summed E-state index contributed by atoms with van der Waals surface area (Å²) in [6.07, 6.45) is -0.0254. The molecule has 0 unspecified atom stereocenters. The van der Waals surface area contributed by atoms with Crippen LogP contribution in [0, 0.1) is 18.6 Å². The van der Waals surface area contributed by atoms with Crippen LogP contribution in [0.1, 0.15) is 11.4 Å². The molecule has 0 spiro atoms. The Labute approximate surface area is 175 Å². The fraction of sp³-hybridized carbons (Fsp3) is 0.200. The van der Waals surface area contributed by atoms with Gasteiger partial charge in [0.1, 0.15) is 17.5 Å². The Morgan fingerprint density at radius 1 is 1.00 bits per heavy atom. The average molecular weight is 431 g/mol. The molecule has 1 aromatic heterocycles. The van der Waals surface area contributed by atoms with Gasteiger partial charge in [-0.2, -0.15) is 0 Å². The number of rotatable bonds is 7. The molecule has 0 bridgehead atoms. The maximum absolute atomic E-state index is 13.2. The van der Waals surface area contributed by atoms with Crippen molar-refractivity contribution in [2.24, 2.45) is 7.05 Å². The van der Waals surface area contributed by atoms with E-state index in [1.807, 2.05) is 0 Å². The molecule has 0 fully saturated rings. The lowest BCUT2D eigenvalue weighted by molar-refractivity contribution is -0.116. The summed E-state index contributed by atoms with van der Waals surface area (Å²) in [5.74, 6) is -0.847. The third-order valence-corrected chi connectivity index (χ3v) is 5.19. The summed E-state index contributed by atoms with van der Waals surface area (Å²) in [6.45, 7) is 1.71. The summed E-state index contributed by atoms with van der Waals surface area (Å²) >= 11 is 1.17. The minimum absolute atomic E-state index is 0.0254. The van der Waals surface area contributed by atoms with E-state index in [2.05, 4.69) is 20.8 Å². The van der Waals surface area contributed by atoms with Crippen molar-refractivity contribution in [3.8, 4) is 0 Å². The number of halogens is 2. The zero-order valence-electron chi connectivity index (χ0n) is 16.3. The Hall–Kier alpha value is -3.27. The number of hydrogen-bond acceptors (Lipinski definition) is 5. The second-order valence-electron chi connectivity index (χ2n) is 6.49. The molecule has 0 aliphatic rings. The van der Waals surface area contributed by atoms with Crippen LogP contribution in [-0.4, -0.2) is 32.3 Å². The highest BCUT2D eigenvalue weighted by atomic mass is 32.2. The second-order valence-corrected chi connectivity index (χ2v) is 7.43. The zero-order chi connectivity index (χ0) is 21.7. The summed E-state index contributed by atoms with van der Waals surface area (Å²) in [4.78, 5) is 24.3. The summed E-state index contributed by atoms with van der Waals surface area (Å²) in [7, 11) is 1.70. The molecule has 30 heavy (non-hydrogen) atoms. The number of aromatic nitrogens is 3. The van der Waals surface area contributed by atoms with E-state index < -0.39 is 0 Å². The Kier molecular flexibility index (Phi) is 6.78. The van der Waals surface area contributed by atoms with Crippen LogP contribution in [0.3, 0.4) is 0 Å². The van der Waals surface area contributed by atoms with E-state index in [0.29, 0.717) is 27.9 Å². The van der Waals surface area contributed by atoms with Gasteiger partial charge in [0.2, 0.25) is 11.8 Å². The van der Waals surface area contributed by atoms with Crippen LogP contribution in [0.15, 0.2) is 47.6 Å².